The Kier molecular flexibility index (Phi) is 5.89. The number of carbonyl (C=O) groups is 1. The van der Waals surface area contributed by atoms with Crippen molar-refractivity contribution in [1.82, 2.24) is 9.55 Å². The number of nitrogens with zero attached hydrogens (tertiary/aromatic N) is 2. The van der Waals surface area contributed by atoms with E-state index < -0.39 is 0 Å². The summed E-state index contributed by atoms with van der Waals surface area (Å²) in [6.45, 7) is 0. The van der Waals surface area contributed by atoms with Crippen molar-refractivity contribution >= 4 is 22.6 Å². The lowest BCUT2D eigenvalue weighted by atomic mass is 10.1. The van der Waals surface area contributed by atoms with Gasteiger partial charge < -0.3 is 19.4 Å². The maximum Gasteiger partial charge on any atom is 0.255 e. The van der Waals surface area contributed by atoms with Crippen molar-refractivity contribution in [3.63, 3.8) is 0 Å². The van der Waals surface area contributed by atoms with E-state index in [0.717, 1.165) is 35.4 Å². The monoisotopic (exact) mass is 415 g/mol. The summed E-state index contributed by atoms with van der Waals surface area (Å²) in [5.41, 5.74) is 4.60. The molecule has 0 aliphatic heterocycles. The quantitative estimate of drug-likeness (QED) is 0.478. The van der Waals surface area contributed by atoms with Gasteiger partial charge in [0.05, 0.1) is 25.3 Å². The number of aryl methyl sites for hydroxylation is 3. The van der Waals surface area contributed by atoms with Crippen molar-refractivity contribution in [3.8, 4) is 11.5 Å². The minimum Gasteiger partial charge on any atom is -0.493 e. The number of benzene rings is 3. The minimum atomic E-state index is -0.201. The second kappa shape index (κ2) is 8.92. The molecule has 0 aliphatic rings. The Bertz CT molecular complexity index is 1210. The number of methoxy groups -OCH3 is 2. The number of fused-ring (bicyclic) bond motifs is 1. The minimum absolute atomic E-state index is 0.201. The Morgan fingerprint density at radius 3 is 2.39 bits per heavy atom. The van der Waals surface area contributed by atoms with Crippen LogP contribution in [0.4, 0.5) is 5.69 Å². The van der Waals surface area contributed by atoms with E-state index in [2.05, 4.69) is 23.0 Å². The molecule has 6 nitrogen and oxygen atoms in total. The lowest BCUT2D eigenvalue weighted by molar-refractivity contribution is 0.102. The SMILES string of the molecule is COc1ccc(C(=O)Nc2ccc(CCc3nc4ccccc4n3C)cc2)cc1OC. The highest BCUT2D eigenvalue weighted by molar-refractivity contribution is 6.04. The number of para-hydroxylation sites is 2. The third-order valence-electron chi connectivity index (χ3n) is 5.37. The van der Waals surface area contributed by atoms with Crippen molar-refractivity contribution in [2.24, 2.45) is 7.05 Å². The van der Waals surface area contributed by atoms with Gasteiger partial charge in [0, 0.05) is 24.7 Å². The molecule has 0 bridgehead atoms. The molecule has 31 heavy (non-hydrogen) atoms. The van der Waals surface area contributed by atoms with Crippen LogP contribution in [0.5, 0.6) is 11.5 Å². The molecule has 3 aromatic carbocycles. The molecule has 4 rings (SSSR count). The highest BCUT2D eigenvalue weighted by Crippen LogP contribution is 2.28. The highest BCUT2D eigenvalue weighted by Gasteiger charge is 2.11. The zero-order valence-corrected chi connectivity index (χ0v) is 17.9. The smallest absolute Gasteiger partial charge is 0.255 e. The van der Waals surface area contributed by atoms with E-state index in [1.54, 1.807) is 32.4 Å². The van der Waals surface area contributed by atoms with Gasteiger partial charge >= 0.3 is 0 Å². The first kappa shape index (κ1) is 20.5. The molecular weight excluding hydrogens is 390 g/mol. The summed E-state index contributed by atoms with van der Waals surface area (Å²) in [5, 5.41) is 2.92. The fourth-order valence-corrected chi connectivity index (χ4v) is 3.61. The Hall–Kier alpha value is -3.80. The zero-order chi connectivity index (χ0) is 21.8. The number of anilines is 1. The van der Waals surface area contributed by atoms with Crippen LogP contribution in [-0.2, 0) is 19.9 Å². The van der Waals surface area contributed by atoms with Gasteiger partial charge in [0.1, 0.15) is 5.82 Å². The number of hydrogen-bond acceptors (Lipinski definition) is 4. The van der Waals surface area contributed by atoms with E-state index >= 15 is 0 Å². The van der Waals surface area contributed by atoms with Gasteiger partial charge in [0.15, 0.2) is 11.5 Å². The Morgan fingerprint density at radius 1 is 0.935 bits per heavy atom. The first-order valence-corrected chi connectivity index (χ1v) is 10.1. The molecule has 1 N–H and O–H groups in total. The van der Waals surface area contributed by atoms with Crippen molar-refractivity contribution in [2.45, 2.75) is 12.8 Å². The van der Waals surface area contributed by atoms with Crippen LogP contribution >= 0.6 is 0 Å². The van der Waals surface area contributed by atoms with Gasteiger partial charge in [-0.15, -0.1) is 0 Å². The molecule has 0 atom stereocenters. The van der Waals surface area contributed by atoms with Crippen LogP contribution in [0.25, 0.3) is 11.0 Å². The van der Waals surface area contributed by atoms with Crippen LogP contribution in [0.1, 0.15) is 21.7 Å². The molecule has 1 amide bonds. The lowest BCUT2D eigenvalue weighted by Crippen LogP contribution is -2.12. The first-order valence-electron chi connectivity index (χ1n) is 10.1. The van der Waals surface area contributed by atoms with E-state index in [0.29, 0.717) is 17.1 Å². The molecule has 0 aliphatic carbocycles. The molecule has 1 aromatic heterocycles. The highest BCUT2D eigenvalue weighted by atomic mass is 16.5. The number of ether oxygens (including phenoxy) is 2. The average Bonchev–Trinajstić information content (AvgIpc) is 3.13. The number of nitrogens with one attached hydrogen (secondary N) is 1. The van der Waals surface area contributed by atoms with Gasteiger partial charge in [0.25, 0.3) is 5.91 Å². The fraction of sp³-hybridized carbons (Fsp3) is 0.200. The molecule has 0 unspecified atom stereocenters. The summed E-state index contributed by atoms with van der Waals surface area (Å²) in [6.07, 6.45) is 1.73. The maximum absolute atomic E-state index is 12.6. The molecule has 0 fully saturated rings. The summed E-state index contributed by atoms with van der Waals surface area (Å²) < 4.78 is 12.6. The molecule has 6 heteroatoms. The second-order valence-electron chi connectivity index (χ2n) is 7.30. The number of carbonyl (C=O) groups excluding carboxylic acids is 1. The molecule has 1 heterocycles. The fourth-order valence-electron chi connectivity index (χ4n) is 3.61. The Morgan fingerprint density at radius 2 is 1.68 bits per heavy atom. The van der Waals surface area contributed by atoms with E-state index in [-0.39, 0.29) is 5.91 Å². The van der Waals surface area contributed by atoms with Crippen LogP contribution in [0.3, 0.4) is 0 Å². The number of amides is 1. The van der Waals surface area contributed by atoms with Gasteiger partial charge in [0.2, 0.25) is 0 Å². The molecule has 0 saturated heterocycles. The Labute approximate surface area is 181 Å². The number of hydrogen-bond donors (Lipinski definition) is 1. The van der Waals surface area contributed by atoms with Crippen molar-refractivity contribution in [1.29, 1.82) is 0 Å². The summed E-state index contributed by atoms with van der Waals surface area (Å²) in [7, 11) is 5.17. The van der Waals surface area contributed by atoms with Crippen molar-refractivity contribution in [2.75, 3.05) is 19.5 Å². The lowest BCUT2D eigenvalue weighted by Gasteiger charge is -2.10. The molecule has 0 saturated carbocycles. The van der Waals surface area contributed by atoms with Crippen LogP contribution in [0, 0.1) is 0 Å². The van der Waals surface area contributed by atoms with Crippen LogP contribution in [0.15, 0.2) is 66.7 Å². The van der Waals surface area contributed by atoms with Gasteiger partial charge in [-0.25, -0.2) is 4.98 Å². The van der Waals surface area contributed by atoms with Crippen LogP contribution in [0.2, 0.25) is 0 Å². The van der Waals surface area contributed by atoms with E-state index in [1.807, 2.05) is 42.5 Å². The number of aromatic nitrogens is 2. The van der Waals surface area contributed by atoms with Gasteiger partial charge in [-0.05, 0) is 54.4 Å². The van der Waals surface area contributed by atoms with Crippen molar-refractivity contribution < 1.29 is 14.3 Å². The topological polar surface area (TPSA) is 65.4 Å². The van der Waals surface area contributed by atoms with Crippen LogP contribution in [-0.4, -0.2) is 29.7 Å². The number of rotatable bonds is 7. The van der Waals surface area contributed by atoms with Gasteiger partial charge in [-0.1, -0.05) is 24.3 Å². The predicted molar refractivity (Wildman–Crippen MR) is 122 cm³/mol. The largest absolute Gasteiger partial charge is 0.493 e. The zero-order valence-electron chi connectivity index (χ0n) is 17.9. The van der Waals surface area contributed by atoms with Gasteiger partial charge in [-0.2, -0.15) is 0 Å². The molecule has 158 valence electrons. The van der Waals surface area contributed by atoms with Crippen molar-refractivity contribution in [3.05, 3.63) is 83.7 Å². The van der Waals surface area contributed by atoms with E-state index in [9.17, 15) is 4.79 Å². The summed E-state index contributed by atoms with van der Waals surface area (Å²) in [5.74, 6) is 1.97. The maximum atomic E-state index is 12.6. The molecular formula is C25H25N3O3. The summed E-state index contributed by atoms with van der Waals surface area (Å²) in [6, 6.07) is 21.2. The normalized spacial score (nSPS) is 10.8. The number of imidazole rings is 1. The Balaban J connectivity index is 1.40. The molecule has 0 radical (unpaired) electrons. The third kappa shape index (κ3) is 4.38. The summed E-state index contributed by atoms with van der Waals surface area (Å²) in [4.78, 5) is 17.3. The van der Waals surface area contributed by atoms with Crippen LogP contribution < -0.4 is 14.8 Å². The first-order chi connectivity index (χ1) is 15.1. The predicted octanol–water partition coefficient (Wildman–Crippen LogP) is 4.63. The van der Waals surface area contributed by atoms with E-state index in [4.69, 9.17) is 14.5 Å². The average molecular weight is 415 g/mol. The third-order valence-corrected chi connectivity index (χ3v) is 5.37. The summed E-state index contributed by atoms with van der Waals surface area (Å²) >= 11 is 0. The molecule has 4 aromatic rings. The standard InChI is InChI=1S/C25H25N3O3/c1-28-21-7-5-4-6-20(21)27-24(28)15-10-17-8-12-19(13-9-17)26-25(29)18-11-14-22(30-2)23(16-18)31-3/h4-9,11-14,16H,10,15H2,1-3H3,(H,26,29). The van der Waals surface area contributed by atoms with Gasteiger partial charge in [-0.3, -0.25) is 4.79 Å². The van der Waals surface area contributed by atoms with E-state index in [1.165, 1.54) is 5.56 Å². The second-order valence-corrected chi connectivity index (χ2v) is 7.30. The molecule has 0 spiro atoms.